The standard InChI is InChI=1S/C18H25NO/c1-14(2)17-9-7-16(8-10-17)13-19-15(3)6-11-18-5-4-12-20-18/h4-5,7-10,12,14-15,19H,6,11,13H2,1-3H3/t15-/m0/s1. The summed E-state index contributed by atoms with van der Waals surface area (Å²) in [5.41, 5.74) is 2.75. The predicted molar refractivity (Wildman–Crippen MR) is 83.9 cm³/mol. The maximum absolute atomic E-state index is 5.35. The smallest absolute Gasteiger partial charge is 0.103 e. The molecule has 0 fully saturated rings. The molecule has 1 aromatic heterocycles. The molecule has 0 spiro atoms. The summed E-state index contributed by atoms with van der Waals surface area (Å²) < 4.78 is 5.35. The Morgan fingerprint density at radius 1 is 1.05 bits per heavy atom. The Balaban J connectivity index is 1.73. The van der Waals surface area contributed by atoms with Crippen LogP contribution in [0.1, 0.15) is 50.0 Å². The van der Waals surface area contributed by atoms with Crippen LogP contribution in [-0.2, 0) is 13.0 Å². The number of benzene rings is 1. The number of nitrogens with one attached hydrogen (secondary N) is 1. The molecule has 2 rings (SSSR count). The molecule has 1 heterocycles. The Morgan fingerprint density at radius 3 is 2.40 bits per heavy atom. The Hall–Kier alpha value is -1.54. The van der Waals surface area contributed by atoms with Crippen LogP contribution in [0, 0.1) is 0 Å². The molecule has 0 aliphatic heterocycles. The summed E-state index contributed by atoms with van der Waals surface area (Å²) in [4.78, 5) is 0. The van der Waals surface area contributed by atoms with Crippen LogP contribution in [0.15, 0.2) is 47.1 Å². The van der Waals surface area contributed by atoms with E-state index in [-0.39, 0.29) is 0 Å². The van der Waals surface area contributed by atoms with Crippen molar-refractivity contribution < 1.29 is 4.42 Å². The van der Waals surface area contributed by atoms with E-state index in [1.807, 2.05) is 12.1 Å². The summed E-state index contributed by atoms with van der Waals surface area (Å²) >= 11 is 0. The summed E-state index contributed by atoms with van der Waals surface area (Å²) in [6.45, 7) is 7.61. The van der Waals surface area contributed by atoms with Crippen LogP contribution in [0.4, 0.5) is 0 Å². The van der Waals surface area contributed by atoms with E-state index >= 15 is 0 Å². The molecule has 0 amide bonds. The number of rotatable bonds is 7. The van der Waals surface area contributed by atoms with E-state index in [2.05, 4.69) is 50.4 Å². The molecule has 0 saturated carbocycles. The lowest BCUT2D eigenvalue weighted by atomic mass is 10.0. The third kappa shape index (κ3) is 4.53. The molecule has 2 nitrogen and oxygen atoms in total. The second-order valence-corrected chi connectivity index (χ2v) is 5.80. The van der Waals surface area contributed by atoms with Crippen molar-refractivity contribution >= 4 is 0 Å². The normalized spacial score (nSPS) is 12.8. The Morgan fingerprint density at radius 2 is 1.80 bits per heavy atom. The highest BCUT2D eigenvalue weighted by atomic mass is 16.3. The molecular formula is C18H25NO. The lowest BCUT2D eigenvalue weighted by Gasteiger charge is -2.13. The van der Waals surface area contributed by atoms with Crippen molar-refractivity contribution in [2.45, 2.75) is 52.1 Å². The van der Waals surface area contributed by atoms with Gasteiger partial charge in [-0.3, -0.25) is 0 Å². The molecule has 2 heteroatoms. The van der Waals surface area contributed by atoms with Crippen molar-refractivity contribution in [2.75, 3.05) is 0 Å². The molecule has 0 radical (unpaired) electrons. The van der Waals surface area contributed by atoms with Crippen molar-refractivity contribution in [1.29, 1.82) is 0 Å². The van der Waals surface area contributed by atoms with E-state index < -0.39 is 0 Å². The first-order chi connectivity index (χ1) is 9.65. The van der Waals surface area contributed by atoms with Crippen molar-refractivity contribution in [3.63, 3.8) is 0 Å². The molecule has 0 saturated heterocycles. The van der Waals surface area contributed by atoms with Crippen LogP contribution in [0.2, 0.25) is 0 Å². The zero-order chi connectivity index (χ0) is 14.4. The molecule has 0 aliphatic carbocycles. The summed E-state index contributed by atoms with van der Waals surface area (Å²) in [5, 5.41) is 3.57. The Labute approximate surface area is 122 Å². The molecule has 1 aromatic carbocycles. The lowest BCUT2D eigenvalue weighted by Crippen LogP contribution is -2.25. The van der Waals surface area contributed by atoms with Gasteiger partial charge in [-0.2, -0.15) is 0 Å². The van der Waals surface area contributed by atoms with Gasteiger partial charge in [-0.25, -0.2) is 0 Å². The molecule has 1 N–H and O–H groups in total. The molecule has 1 atom stereocenters. The molecular weight excluding hydrogens is 246 g/mol. The second-order valence-electron chi connectivity index (χ2n) is 5.80. The minimum absolute atomic E-state index is 0.491. The molecule has 0 bridgehead atoms. The molecule has 20 heavy (non-hydrogen) atoms. The van der Waals surface area contributed by atoms with Crippen LogP contribution in [-0.4, -0.2) is 6.04 Å². The zero-order valence-electron chi connectivity index (χ0n) is 12.7. The van der Waals surface area contributed by atoms with Crippen molar-refractivity contribution in [1.82, 2.24) is 5.32 Å². The third-order valence-electron chi connectivity index (χ3n) is 3.70. The average molecular weight is 271 g/mol. The van der Waals surface area contributed by atoms with Crippen LogP contribution < -0.4 is 5.32 Å². The average Bonchev–Trinajstić information content (AvgIpc) is 2.96. The summed E-state index contributed by atoms with van der Waals surface area (Å²) in [6.07, 6.45) is 3.83. The van der Waals surface area contributed by atoms with Gasteiger partial charge in [-0.05, 0) is 42.5 Å². The van der Waals surface area contributed by atoms with Gasteiger partial charge in [0.2, 0.25) is 0 Å². The highest BCUT2D eigenvalue weighted by Gasteiger charge is 2.04. The number of furan rings is 1. The van der Waals surface area contributed by atoms with Crippen LogP contribution in [0.5, 0.6) is 0 Å². The van der Waals surface area contributed by atoms with E-state index in [0.29, 0.717) is 12.0 Å². The Bertz CT molecular complexity index is 485. The van der Waals surface area contributed by atoms with Crippen molar-refractivity contribution in [3.8, 4) is 0 Å². The Kier molecular flexibility index (Phi) is 5.42. The summed E-state index contributed by atoms with van der Waals surface area (Å²) in [6, 6.07) is 13.4. The van der Waals surface area contributed by atoms with Gasteiger partial charge in [0.15, 0.2) is 0 Å². The van der Waals surface area contributed by atoms with Crippen LogP contribution in [0.3, 0.4) is 0 Å². The van der Waals surface area contributed by atoms with Crippen LogP contribution in [0.25, 0.3) is 0 Å². The topological polar surface area (TPSA) is 25.2 Å². The van der Waals surface area contributed by atoms with E-state index in [1.54, 1.807) is 6.26 Å². The maximum Gasteiger partial charge on any atom is 0.103 e. The van der Waals surface area contributed by atoms with Gasteiger partial charge < -0.3 is 9.73 Å². The van der Waals surface area contributed by atoms with Gasteiger partial charge in [0.05, 0.1) is 6.26 Å². The first-order valence-electron chi connectivity index (χ1n) is 7.49. The molecule has 0 unspecified atom stereocenters. The van der Waals surface area contributed by atoms with Gasteiger partial charge in [-0.15, -0.1) is 0 Å². The van der Waals surface area contributed by atoms with E-state index in [1.165, 1.54) is 11.1 Å². The largest absolute Gasteiger partial charge is 0.469 e. The van der Waals surface area contributed by atoms with E-state index in [9.17, 15) is 0 Å². The van der Waals surface area contributed by atoms with E-state index in [0.717, 1.165) is 25.1 Å². The minimum atomic E-state index is 0.491. The van der Waals surface area contributed by atoms with Crippen molar-refractivity contribution in [2.24, 2.45) is 0 Å². The minimum Gasteiger partial charge on any atom is -0.469 e. The highest BCUT2D eigenvalue weighted by molar-refractivity contribution is 5.24. The molecule has 2 aromatic rings. The fourth-order valence-electron chi connectivity index (χ4n) is 2.23. The summed E-state index contributed by atoms with van der Waals surface area (Å²) in [7, 11) is 0. The zero-order valence-corrected chi connectivity index (χ0v) is 12.7. The molecule has 108 valence electrons. The maximum atomic E-state index is 5.35. The highest BCUT2D eigenvalue weighted by Crippen LogP contribution is 2.14. The first-order valence-corrected chi connectivity index (χ1v) is 7.49. The third-order valence-corrected chi connectivity index (χ3v) is 3.70. The number of hydrogen-bond acceptors (Lipinski definition) is 2. The predicted octanol–water partition coefficient (Wildman–Crippen LogP) is 4.51. The fourth-order valence-corrected chi connectivity index (χ4v) is 2.23. The van der Waals surface area contributed by atoms with Gasteiger partial charge in [-0.1, -0.05) is 38.1 Å². The van der Waals surface area contributed by atoms with Gasteiger partial charge in [0.25, 0.3) is 0 Å². The van der Waals surface area contributed by atoms with Gasteiger partial charge in [0.1, 0.15) is 5.76 Å². The first kappa shape index (κ1) is 14.9. The van der Waals surface area contributed by atoms with E-state index in [4.69, 9.17) is 4.42 Å². The van der Waals surface area contributed by atoms with Crippen molar-refractivity contribution in [3.05, 3.63) is 59.5 Å². The van der Waals surface area contributed by atoms with Gasteiger partial charge in [0, 0.05) is 19.0 Å². The monoisotopic (exact) mass is 271 g/mol. The van der Waals surface area contributed by atoms with Gasteiger partial charge >= 0.3 is 0 Å². The molecule has 0 aliphatic rings. The van der Waals surface area contributed by atoms with Crippen LogP contribution >= 0.6 is 0 Å². The summed E-state index contributed by atoms with van der Waals surface area (Å²) in [5.74, 6) is 1.67. The quantitative estimate of drug-likeness (QED) is 0.801. The number of hydrogen-bond donors (Lipinski definition) is 1. The SMILES string of the molecule is CC(C)c1ccc(CN[C@@H](C)CCc2ccco2)cc1. The second kappa shape index (κ2) is 7.30. The number of aryl methyl sites for hydroxylation is 1. The lowest BCUT2D eigenvalue weighted by molar-refractivity contribution is 0.460. The fraction of sp³-hybridized carbons (Fsp3) is 0.444.